The molecule has 0 bridgehead atoms. The Kier molecular flexibility index (Phi) is 4.51. The first kappa shape index (κ1) is 18.0. The molecule has 0 aromatic heterocycles. The summed E-state index contributed by atoms with van der Waals surface area (Å²) in [5, 5.41) is 11.2. The Labute approximate surface area is 150 Å². The molecule has 0 amide bonds. The number of sulfonamides is 1. The zero-order valence-electron chi connectivity index (χ0n) is 13.9. The number of rotatable bonds is 6. The van der Waals surface area contributed by atoms with Crippen LogP contribution in [0.5, 0.6) is 0 Å². The number of nitrogens with zero attached hydrogens (tertiary/aromatic N) is 2. The van der Waals surface area contributed by atoms with Crippen molar-refractivity contribution in [3.8, 4) is 0 Å². The Bertz CT molecular complexity index is 960. The molecule has 0 radical (unpaired) electrons. The Morgan fingerprint density at radius 1 is 1.19 bits per heavy atom. The van der Waals surface area contributed by atoms with E-state index in [9.17, 15) is 23.3 Å². The van der Waals surface area contributed by atoms with Crippen LogP contribution in [-0.4, -0.2) is 42.8 Å². The lowest BCUT2D eigenvalue weighted by Gasteiger charge is -2.16. The maximum absolute atomic E-state index is 13.0. The third-order valence-electron chi connectivity index (χ3n) is 4.31. The van der Waals surface area contributed by atoms with Gasteiger partial charge in [0.1, 0.15) is 0 Å². The summed E-state index contributed by atoms with van der Waals surface area (Å²) in [6, 6.07) is 14.0. The molecule has 3 rings (SSSR count). The van der Waals surface area contributed by atoms with Gasteiger partial charge in [-0.25, -0.2) is 13.2 Å². The third-order valence-corrected chi connectivity index (χ3v) is 6.27. The molecule has 2 aromatic rings. The zero-order valence-corrected chi connectivity index (χ0v) is 14.7. The van der Waals surface area contributed by atoms with E-state index in [1.807, 2.05) is 6.07 Å². The summed E-state index contributed by atoms with van der Waals surface area (Å²) in [5.74, 6) is -0.691. The molecule has 1 saturated heterocycles. The van der Waals surface area contributed by atoms with Crippen LogP contribution in [0.3, 0.4) is 0 Å². The number of nitro groups is 1. The van der Waals surface area contributed by atoms with E-state index in [2.05, 4.69) is 0 Å². The van der Waals surface area contributed by atoms with Crippen LogP contribution in [-0.2, 0) is 26.0 Å². The van der Waals surface area contributed by atoms with E-state index in [4.69, 9.17) is 4.74 Å². The van der Waals surface area contributed by atoms with Gasteiger partial charge in [-0.15, -0.1) is 0 Å². The van der Waals surface area contributed by atoms with Gasteiger partial charge < -0.3 is 4.74 Å². The number of carbonyl (C=O) groups is 1. The van der Waals surface area contributed by atoms with Crippen molar-refractivity contribution in [3.63, 3.8) is 0 Å². The molecular formula is C17H16N2O6S. The van der Waals surface area contributed by atoms with Crippen LogP contribution < -0.4 is 0 Å². The summed E-state index contributed by atoms with van der Waals surface area (Å²) in [6.45, 7) is -0.0943. The minimum Gasteiger partial charge on any atom is -0.468 e. The van der Waals surface area contributed by atoms with E-state index >= 15 is 0 Å². The first-order valence-electron chi connectivity index (χ1n) is 7.71. The molecule has 2 aromatic carbocycles. The van der Waals surface area contributed by atoms with E-state index in [1.54, 1.807) is 24.3 Å². The molecule has 2 atom stereocenters. The van der Waals surface area contributed by atoms with Gasteiger partial charge in [-0.3, -0.25) is 10.1 Å². The van der Waals surface area contributed by atoms with Crippen molar-refractivity contribution < 1.29 is 22.9 Å². The Hall–Kier alpha value is -2.78. The van der Waals surface area contributed by atoms with Crippen LogP contribution in [0.1, 0.15) is 5.56 Å². The monoisotopic (exact) mass is 376 g/mol. The average Bonchev–Trinajstić information content (AvgIpc) is 3.38. The van der Waals surface area contributed by atoms with Gasteiger partial charge in [0.2, 0.25) is 0 Å². The number of hydrogen-bond donors (Lipinski definition) is 0. The van der Waals surface area contributed by atoms with Gasteiger partial charge in [0.25, 0.3) is 15.7 Å². The smallest absolute Gasteiger partial charge is 0.329 e. The van der Waals surface area contributed by atoms with Crippen molar-refractivity contribution in [1.29, 1.82) is 0 Å². The Morgan fingerprint density at radius 2 is 1.81 bits per heavy atom. The van der Waals surface area contributed by atoms with Gasteiger partial charge in [-0.2, -0.15) is 4.31 Å². The molecule has 136 valence electrons. The highest BCUT2D eigenvalue weighted by atomic mass is 32.2. The molecule has 2 unspecified atom stereocenters. The van der Waals surface area contributed by atoms with Crippen molar-refractivity contribution in [1.82, 2.24) is 4.31 Å². The molecule has 0 N–H and O–H groups in total. The topological polar surface area (TPSA) is 107 Å². The van der Waals surface area contributed by atoms with Crippen molar-refractivity contribution in [3.05, 3.63) is 70.3 Å². The van der Waals surface area contributed by atoms with Gasteiger partial charge >= 0.3 is 5.97 Å². The molecule has 26 heavy (non-hydrogen) atoms. The first-order chi connectivity index (χ1) is 12.3. The van der Waals surface area contributed by atoms with Crippen LogP contribution in [0.25, 0.3) is 0 Å². The van der Waals surface area contributed by atoms with E-state index in [1.165, 1.54) is 19.2 Å². The standard InChI is InChI=1S/C17H16N2O6S/c1-25-16(20)17(11-13-7-3-2-4-8-13)12-18(17)26(23,24)15-10-6-5-9-14(15)19(21)22/h2-10H,11-12H2,1H3. The van der Waals surface area contributed by atoms with E-state index < -0.39 is 37.0 Å². The highest BCUT2D eigenvalue weighted by Gasteiger charge is 2.65. The Morgan fingerprint density at radius 3 is 2.42 bits per heavy atom. The predicted octanol–water partition coefficient (Wildman–Crippen LogP) is 1.75. The van der Waals surface area contributed by atoms with Crippen molar-refractivity contribution in [2.45, 2.75) is 16.9 Å². The fourth-order valence-corrected chi connectivity index (χ4v) is 4.85. The quantitative estimate of drug-likeness (QED) is 0.329. The van der Waals surface area contributed by atoms with Crippen LogP contribution in [0.4, 0.5) is 5.69 Å². The first-order valence-corrected chi connectivity index (χ1v) is 9.15. The Balaban J connectivity index is 2.01. The van der Waals surface area contributed by atoms with Crippen molar-refractivity contribution >= 4 is 21.7 Å². The number of carbonyl (C=O) groups excluding carboxylic acids is 1. The lowest BCUT2D eigenvalue weighted by atomic mass is 10.00. The molecule has 9 heteroatoms. The molecule has 8 nitrogen and oxygen atoms in total. The van der Waals surface area contributed by atoms with Crippen LogP contribution in [0.2, 0.25) is 0 Å². The maximum atomic E-state index is 13.0. The second-order valence-corrected chi connectivity index (χ2v) is 7.75. The fraction of sp³-hybridized carbons (Fsp3) is 0.235. The molecule has 1 fully saturated rings. The van der Waals surface area contributed by atoms with E-state index in [-0.39, 0.29) is 13.0 Å². The summed E-state index contributed by atoms with van der Waals surface area (Å²) in [5.41, 5.74) is -1.16. The van der Waals surface area contributed by atoms with Crippen molar-refractivity contribution in [2.24, 2.45) is 0 Å². The summed E-state index contributed by atoms with van der Waals surface area (Å²) in [6.07, 6.45) is 0.125. The summed E-state index contributed by atoms with van der Waals surface area (Å²) in [7, 11) is -3.05. The second-order valence-electron chi connectivity index (χ2n) is 5.92. The largest absolute Gasteiger partial charge is 0.468 e. The minimum absolute atomic E-state index is 0.0943. The lowest BCUT2D eigenvalue weighted by Crippen LogP contribution is -2.35. The number of esters is 1. The number of benzene rings is 2. The van der Waals surface area contributed by atoms with Gasteiger partial charge in [0.05, 0.1) is 12.0 Å². The molecule has 1 aliphatic rings. The molecule has 1 heterocycles. The predicted molar refractivity (Wildman–Crippen MR) is 91.9 cm³/mol. The molecule has 0 spiro atoms. The highest BCUT2D eigenvalue weighted by Crippen LogP contribution is 2.43. The second kappa shape index (κ2) is 6.50. The van der Waals surface area contributed by atoms with Gasteiger partial charge in [0, 0.05) is 19.0 Å². The molecular weight excluding hydrogens is 360 g/mol. The van der Waals surface area contributed by atoms with Crippen LogP contribution >= 0.6 is 0 Å². The molecule has 0 aliphatic carbocycles. The fourth-order valence-electron chi connectivity index (χ4n) is 2.97. The maximum Gasteiger partial charge on any atom is 0.329 e. The normalized spacial score (nSPS) is 21.8. The van der Waals surface area contributed by atoms with E-state index in [0.717, 1.165) is 22.0 Å². The summed E-state index contributed by atoms with van der Waals surface area (Å²) in [4.78, 5) is 22.3. The van der Waals surface area contributed by atoms with E-state index in [0.29, 0.717) is 0 Å². The lowest BCUT2D eigenvalue weighted by molar-refractivity contribution is -0.387. The third kappa shape index (κ3) is 2.95. The van der Waals surface area contributed by atoms with Crippen molar-refractivity contribution in [2.75, 3.05) is 13.7 Å². The van der Waals surface area contributed by atoms with Gasteiger partial charge in [-0.05, 0) is 11.6 Å². The number of methoxy groups -OCH3 is 1. The molecule has 0 saturated carbocycles. The van der Waals surface area contributed by atoms with Gasteiger partial charge in [0.15, 0.2) is 10.4 Å². The SMILES string of the molecule is COC(=O)C1(Cc2ccccc2)CN1S(=O)(=O)c1ccccc1[N+](=O)[O-]. The van der Waals surface area contributed by atoms with Crippen LogP contribution in [0, 0.1) is 10.1 Å². The number of para-hydroxylation sites is 1. The average molecular weight is 376 g/mol. The number of hydrogen-bond acceptors (Lipinski definition) is 6. The summed E-state index contributed by atoms with van der Waals surface area (Å²) < 4.78 is 31.7. The molecule has 1 aliphatic heterocycles. The summed E-state index contributed by atoms with van der Waals surface area (Å²) >= 11 is 0. The highest BCUT2D eigenvalue weighted by molar-refractivity contribution is 7.89. The zero-order chi connectivity index (χ0) is 18.9. The van der Waals surface area contributed by atoms with Gasteiger partial charge in [-0.1, -0.05) is 42.5 Å². The van der Waals surface area contributed by atoms with Crippen LogP contribution in [0.15, 0.2) is 59.5 Å². The number of nitro benzene ring substituents is 1. The minimum atomic E-state index is -4.23. The number of ether oxygens (including phenoxy) is 1.